The molecule has 0 aliphatic heterocycles. The van der Waals surface area contributed by atoms with Crippen LogP contribution < -0.4 is 10.6 Å². The molecule has 0 saturated carbocycles. The quantitative estimate of drug-likeness (QED) is 0.796. The van der Waals surface area contributed by atoms with Crippen molar-refractivity contribution in [1.29, 1.82) is 0 Å². The van der Waals surface area contributed by atoms with Crippen molar-refractivity contribution in [3.8, 4) is 0 Å². The van der Waals surface area contributed by atoms with Crippen molar-refractivity contribution in [1.82, 2.24) is 0 Å². The van der Waals surface area contributed by atoms with Crippen LogP contribution in [-0.2, 0) is 9.47 Å². The molecule has 0 spiro atoms. The number of nitrogens with zero attached hydrogens (tertiary/aromatic N) is 1. The summed E-state index contributed by atoms with van der Waals surface area (Å²) in [5, 5.41) is 0. The molecule has 1 unspecified atom stereocenters. The molecule has 2 N–H and O–H groups in total. The predicted molar refractivity (Wildman–Crippen MR) is 79.6 cm³/mol. The van der Waals surface area contributed by atoms with Gasteiger partial charge in [-0.25, -0.2) is 4.39 Å². The lowest BCUT2D eigenvalue weighted by Crippen LogP contribution is -2.39. The Bertz CT molecular complexity index is 413. The second kappa shape index (κ2) is 8.19. The zero-order valence-corrected chi connectivity index (χ0v) is 12.7. The molecule has 0 radical (unpaired) electrons. The van der Waals surface area contributed by atoms with E-state index in [2.05, 4.69) is 4.90 Å². The molecule has 1 aromatic carbocycles. The second-order valence-corrected chi connectivity index (χ2v) is 4.95. The molecule has 1 rings (SSSR count). The van der Waals surface area contributed by atoms with E-state index in [0.29, 0.717) is 25.3 Å². The molecule has 0 fully saturated rings. The monoisotopic (exact) mass is 284 g/mol. The molecule has 20 heavy (non-hydrogen) atoms. The van der Waals surface area contributed by atoms with Gasteiger partial charge in [-0.1, -0.05) is 6.07 Å². The fourth-order valence-electron chi connectivity index (χ4n) is 2.33. The largest absolute Gasteiger partial charge is 0.383 e. The third-order valence-corrected chi connectivity index (χ3v) is 3.27. The summed E-state index contributed by atoms with van der Waals surface area (Å²) in [5.74, 6) is -0.274. The number of benzene rings is 1. The molecule has 0 aromatic heterocycles. The van der Waals surface area contributed by atoms with Gasteiger partial charge in [-0.3, -0.25) is 0 Å². The van der Waals surface area contributed by atoms with Crippen LogP contribution in [0.15, 0.2) is 18.2 Å². The highest BCUT2D eigenvalue weighted by Crippen LogP contribution is 2.29. The van der Waals surface area contributed by atoms with Crippen LogP contribution in [0.3, 0.4) is 0 Å². The van der Waals surface area contributed by atoms with E-state index in [1.54, 1.807) is 27.2 Å². The highest BCUT2D eigenvalue weighted by Gasteiger charge is 2.21. The van der Waals surface area contributed by atoms with Crippen molar-refractivity contribution in [2.45, 2.75) is 25.9 Å². The van der Waals surface area contributed by atoms with Crippen LogP contribution in [0, 0.1) is 5.82 Å². The average Bonchev–Trinajstić information content (AvgIpc) is 2.39. The van der Waals surface area contributed by atoms with Crippen molar-refractivity contribution in [3.63, 3.8) is 0 Å². The van der Waals surface area contributed by atoms with Crippen molar-refractivity contribution >= 4 is 5.69 Å². The predicted octanol–water partition coefficient (Wildman–Crippen LogP) is 2.33. The number of rotatable bonds is 8. The van der Waals surface area contributed by atoms with E-state index in [0.717, 1.165) is 5.69 Å². The third kappa shape index (κ3) is 4.16. The Kier molecular flexibility index (Phi) is 6.91. The van der Waals surface area contributed by atoms with Gasteiger partial charge in [0, 0.05) is 44.1 Å². The highest BCUT2D eigenvalue weighted by molar-refractivity contribution is 5.56. The third-order valence-electron chi connectivity index (χ3n) is 3.27. The smallest absolute Gasteiger partial charge is 0.130 e. The topological polar surface area (TPSA) is 47.7 Å². The lowest BCUT2D eigenvalue weighted by Gasteiger charge is -2.33. The van der Waals surface area contributed by atoms with Crippen LogP contribution in [0.2, 0.25) is 0 Å². The molecule has 2 atom stereocenters. The first-order valence-electron chi connectivity index (χ1n) is 6.81. The van der Waals surface area contributed by atoms with Gasteiger partial charge in [-0.15, -0.1) is 0 Å². The Morgan fingerprint density at radius 1 is 1.25 bits per heavy atom. The summed E-state index contributed by atoms with van der Waals surface area (Å²) in [6, 6.07) is 4.78. The molecule has 1 aromatic rings. The molecule has 0 heterocycles. The number of halogens is 1. The second-order valence-electron chi connectivity index (χ2n) is 4.95. The minimum Gasteiger partial charge on any atom is -0.383 e. The van der Waals surface area contributed by atoms with E-state index < -0.39 is 0 Å². The fraction of sp³-hybridized carbons (Fsp3) is 0.600. The average molecular weight is 284 g/mol. The normalized spacial score (nSPS) is 14.1. The van der Waals surface area contributed by atoms with Gasteiger partial charge >= 0.3 is 0 Å². The number of hydrogen-bond donors (Lipinski definition) is 1. The van der Waals surface area contributed by atoms with E-state index in [9.17, 15) is 4.39 Å². The summed E-state index contributed by atoms with van der Waals surface area (Å²) in [5.41, 5.74) is 7.27. The maximum atomic E-state index is 14.1. The molecule has 0 amide bonds. The molecular formula is C15H25FN2O2. The summed E-state index contributed by atoms with van der Waals surface area (Å²) in [4.78, 5) is 2.08. The van der Waals surface area contributed by atoms with Gasteiger partial charge in [-0.05, 0) is 26.0 Å². The number of anilines is 1. The Balaban J connectivity index is 3.15. The number of methoxy groups -OCH3 is 2. The molecule has 4 nitrogen and oxygen atoms in total. The summed E-state index contributed by atoms with van der Waals surface area (Å²) >= 11 is 0. The van der Waals surface area contributed by atoms with Gasteiger partial charge in [-0.2, -0.15) is 0 Å². The molecule has 0 aliphatic carbocycles. The molecule has 114 valence electrons. The van der Waals surface area contributed by atoms with Gasteiger partial charge < -0.3 is 20.1 Å². The molecule has 5 heteroatoms. The van der Waals surface area contributed by atoms with Crippen LogP contribution in [0.5, 0.6) is 0 Å². The molecule has 0 bridgehead atoms. The van der Waals surface area contributed by atoms with Gasteiger partial charge in [0.05, 0.1) is 13.2 Å². The van der Waals surface area contributed by atoms with E-state index in [-0.39, 0.29) is 17.9 Å². The Hall–Kier alpha value is -1.17. The summed E-state index contributed by atoms with van der Waals surface area (Å²) in [7, 11) is 3.31. The van der Waals surface area contributed by atoms with Gasteiger partial charge in [0.2, 0.25) is 0 Å². The lowest BCUT2D eigenvalue weighted by atomic mass is 10.0. The van der Waals surface area contributed by atoms with E-state index >= 15 is 0 Å². The zero-order chi connectivity index (χ0) is 15.1. The summed E-state index contributed by atoms with van der Waals surface area (Å²) in [6.45, 7) is 5.60. The maximum absolute atomic E-state index is 14.1. The van der Waals surface area contributed by atoms with Crippen LogP contribution >= 0.6 is 0 Å². The van der Waals surface area contributed by atoms with E-state index in [1.165, 1.54) is 6.07 Å². The first-order valence-corrected chi connectivity index (χ1v) is 6.81. The first kappa shape index (κ1) is 16.9. The molecule has 0 saturated heterocycles. The van der Waals surface area contributed by atoms with Crippen molar-refractivity contribution in [3.05, 3.63) is 29.6 Å². The van der Waals surface area contributed by atoms with Crippen molar-refractivity contribution in [2.24, 2.45) is 5.73 Å². The Morgan fingerprint density at radius 2 is 1.95 bits per heavy atom. The Labute approximate surface area is 120 Å². The van der Waals surface area contributed by atoms with Crippen LogP contribution in [0.4, 0.5) is 10.1 Å². The molecule has 0 aliphatic rings. The minimum absolute atomic E-state index is 0.106. The molecular weight excluding hydrogens is 259 g/mol. The maximum Gasteiger partial charge on any atom is 0.130 e. The van der Waals surface area contributed by atoms with Gasteiger partial charge in [0.25, 0.3) is 0 Å². The number of ether oxygens (including phenoxy) is 2. The van der Waals surface area contributed by atoms with Crippen LogP contribution in [0.1, 0.15) is 25.5 Å². The highest BCUT2D eigenvalue weighted by atomic mass is 19.1. The van der Waals surface area contributed by atoms with Crippen molar-refractivity contribution in [2.75, 3.05) is 38.9 Å². The van der Waals surface area contributed by atoms with Crippen LogP contribution in [-0.4, -0.2) is 40.0 Å². The van der Waals surface area contributed by atoms with Crippen molar-refractivity contribution < 1.29 is 13.9 Å². The summed E-state index contributed by atoms with van der Waals surface area (Å²) in [6.07, 6.45) is 0. The standard InChI is InChI=1S/C15H25FN2O2/c1-11(10-20-4)18(8-9-19-3)14-7-5-6-13(16)15(14)12(2)17/h5-7,11-12H,8-10,17H2,1-4H3/t11?,12-/m1/s1. The fourth-order valence-corrected chi connectivity index (χ4v) is 2.33. The lowest BCUT2D eigenvalue weighted by molar-refractivity contribution is 0.171. The van der Waals surface area contributed by atoms with Gasteiger partial charge in [0.1, 0.15) is 5.82 Å². The SMILES string of the molecule is COCCN(c1cccc(F)c1[C@@H](C)N)C(C)COC. The number of hydrogen-bond acceptors (Lipinski definition) is 4. The number of nitrogens with two attached hydrogens (primary N) is 1. The minimum atomic E-state index is -0.369. The summed E-state index contributed by atoms with van der Waals surface area (Å²) < 4.78 is 24.4. The van der Waals surface area contributed by atoms with Gasteiger partial charge in [0.15, 0.2) is 0 Å². The Morgan fingerprint density at radius 3 is 2.50 bits per heavy atom. The van der Waals surface area contributed by atoms with E-state index in [4.69, 9.17) is 15.2 Å². The van der Waals surface area contributed by atoms with Crippen LogP contribution in [0.25, 0.3) is 0 Å². The zero-order valence-electron chi connectivity index (χ0n) is 12.7. The first-order chi connectivity index (χ1) is 9.52. The van der Waals surface area contributed by atoms with E-state index in [1.807, 2.05) is 13.0 Å².